The van der Waals surface area contributed by atoms with Gasteiger partial charge >= 0.3 is 0 Å². The van der Waals surface area contributed by atoms with Crippen molar-refractivity contribution in [3.8, 4) is 5.75 Å². The third-order valence-corrected chi connectivity index (χ3v) is 7.56. The van der Waals surface area contributed by atoms with E-state index in [0.717, 1.165) is 27.3 Å². The van der Waals surface area contributed by atoms with Crippen LogP contribution in [0.25, 0.3) is 0 Å². The van der Waals surface area contributed by atoms with Gasteiger partial charge in [0, 0.05) is 19.5 Å². The number of benzene rings is 3. The van der Waals surface area contributed by atoms with Gasteiger partial charge in [0.2, 0.25) is 21.8 Å². The Balaban J connectivity index is 2.07. The summed E-state index contributed by atoms with van der Waals surface area (Å²) in [6.45, 7) is 5.93. The highest BCUT2D eigenvalue weighted by Crippen LogP contribution is 2.31. The van der Waals surface area contributed by atoms with Crippen LogP contribution in [-0.4, -0.2) is 57.6 Å². The molecule has 0 saturated carbocycles. The van der Waals surface area contributed by atoms with Crippen molar-refractivity contribution in [2.45, 2.75) is 39.8 Å². The van der Waals surface area contributed by atoms with Gasteiger partial charge in [0.1, 0.15) is 18.3 Å². The van der Waals surface area contributed by atoms with Crippen LogP contribution in [0.4, 0.5) is 5.69 Å². The van der Waals surface area contributed by atoms with E-state index >= 15 is 0 Å². The minimum Gasteiger partial charge on any atom is -0.495 e. The summed E-state index contributed by atoms with van der Waals surface area (Å²) in [5.74, 6) is -0.248. The van der Waals surface area contributed by atoms with Crippen molar-refractivity contribution in [3.05, 3.63) is 95.6 Å². The Morgan fingerprint density at radius 2 is 1.52 bits per heavy atom. The van der Waals surface area contributed by atoms with E-state index in [1.54, 1.807) is 18.2 Å². The van der Waals surface area contributed by atoms with Crippen LogP contribution in [0.2, 0.25) is 0 Å². The SMILES string of the molecule is COc1ccc(C)cc1N(CC(=O)N(Cc1ccccc1)C(Cc1ccccc1)C(=O)NCC(C)C)S(C)(=O)=O. The van der Waals surface area contributed by atoms with E-state index in [4.69, 9.17) is 4.74 Å². The smallest absolute Gasteiger partial charge is 0.244 e. The van der Waals surface area contributed by atoms with E-state index in [-0.39, 0.29) is 30.5 Å². The lowest BCUT2D eigenvalue weighted by atomic mass is 10.0. The number of nitrogens with zero attached hydrogens (tertiary/aromatic N) is 2. The van der Waals surface area contributed by atoms with Crippen LogP contribution in [0, 0.1) is 12.8 Å². The molecule has 1 atom stereocenters. The van der Waals surface area contributed by atoms with Crippen LogP contribution in [-0.2, 0) is 32.6 Å². The summed E-state index contributed by atoms with van der Waals surface area (Å²) in [4.78, 5) is 29.2. The molecule has 3 aromatic rings. The van der Waals surface area contributed by atoms with Gasteiger partial charge in [0.05, 0.1) is 19.1 Å². The third-order valence-electron chi connectivity index (χ3n) is 6.43. The van der Waals surface area contributed by atoms with Crippen molar-refractivity contribution in [1.29, 1.82) is 0 Å². The molecule has 0 bridgehead atoms. The summed E-state index contributed by atoms with van der Waals surface area (Å²) in [6, 6.07) is 23.1. The first-order valence-corrected chi connectivity index (χ1v) is 15.1. The molecule has 1 unspecified atom stereocenters. The fourth-order valence-corrected chi connectivity index (χ4v) is 5.19. The van der Waals surface area contributed by atoms with E-state index in [0.29, 0.717) is 12.3 Å². The topological polar surface area (TPSA) is 96.0 Å². The van der Waals surface area contributed by atoms with Gasteiger partial charge in [-0.25, -0.2) is 8.42 Å². The van der Waals surface area contributed by atoms with E-state index < -0.39 is 28.5 Å². The Bertz CT molecular complexity index is 1380. The number of hydrogen-bond donors (Lipinski definition) is 1. The average molecular weight is 566 g/mol. The number of methoxy groups -OCH3 is 1. The van der Waals surface area contributed by atoms with Crippen LogP contribution in [0.5, 0.6) is 5.75 Å². The molecule has 214 valence electrons. The molecule has 0 spiro atoms. The highest BCUT2D eigenvalue weighted by atomic mass is 32.2. The predicted octanol–water partition coefficient (Wildman–Crippen LogP) is 4.18. The largest absolute Gasteiger partial charge is 0.495 e. The fraction of sp³-hybridized carbons (Fsp3) is 0.355. The monoisotopic (exact) mass is 565 g/mol. The molecule has 40 heavy (non-hydrogen) atoms. The number of rotatable bonds is 13. The van der Waals surface area contributed by atoms with Crippen molar-refractivity contribution in [2.75, 3.05) is 30.8 Å². The maximum absolute atomic E-state index is 14.1. The lowest BCUT2D eigenvalue weighted by Gasteiger charge is -2.34. The minimum atomic E-state index is -3.89. The molecule has 0 saturated heterocycles. The zero-order chi connectivity index (χ0) is 29.3. The van der Waals surface area contributed by atoms with Crippen LogP contribution in [0.1, 0.15) is 30.5 Å². The summed E-state index contributed by atoms with van der Waals surface area (Å²) < 4.78 is 32.5. The number of nitrogens with one attached hydrogen (secondary N) is 1. The van der Waals surface area contributed by atoms with Crippen molar-refractivity contribution in [2.24, 2.45) is 5.92 Å². The summed E-state index contributed by atoms with van der Waals surface area (Å²) in [5, 5.41) is 2.98. The van der Waals surface area contributed by atoms with E-state index in [9.17, 15) is 18.0 Å². The number of sulfonamides is 1. The molecular formula is C31H39N3O5S. The molecule has 0 radical (unpaired) electrons. The molecule has 3 aromatic carbocycles. The van der Waals surface area contributed by atoms with Gasteiger partial charge in [-0.2, -0.15) is 0 Å². The Labute approximate surface area is 238 Å². The molecule has 0 aliphatic rings. The number of carbonyl (C=O) groups is 2. The van der Waals surface area contributed by atoms with Crippen LogP contribution >= 0.6 is 0 Å². The molecule has 0 aromatic heterocycles. The van der Waals surface area contributed by atoms with Crippen LogP contribution < -0.4 is 14.4 Å². The number of carbonyl (C=O) groups excluding carboxylic acids is 2. The lowest BCUT2D eigenvalue weighted by Crippen LogP contribution is -2.53. The number of aryl methyl sites for hydroxylation is 1. The van der Waals surface area contributed by atoms with Crippen molar-refractivity contribution in [3.63, 3.8) is 0 Å². The van der Waals surface area contributed by atoms with Gasteiger partial charge in [0.15, 0.2) is 0 Å². The zero-order valence-electron chi connectivity index (χ0n) is 23.8. The van der Waals surface area contributed by atoms with Crippen molar-refractivity contribution < 1.29 is 22.7 Å². The molecule has 1 N–H and O–H groups in total. The summed E-state index contributed by atoms with van der Waals surface area (Å²) in [5.41, 5.74) is 2.79. The van der Waals surface area contributed by atoms with Gasteiger partial charge in [-0.1, -0.05) is 80.6 Å². The van der Waals surface area contributed by atoms with Crippen molar-refractivity contribution >= 4 is 27.5 Å². The Morgan fingerprint density at radius 1 is 0.925 bits per heavy atom. The molecule has 9 heteroatoms. The molecule has 0 fully saturated rings. The summed E-state index contributed by atoms with van der Waals surface area (Å²) in [7, 11) is -2.44. The maximum atomic E-state index is 14.1. The standard InChI is InChI=1S/C31H39N3O5S/c1-23(2)20-32-31(36)28(19-25-12-8-6-9-13-25)33(21-26-14-10-7-11-15-26)30(35)22-34(40(5,37)38)27-18-24(3)16-17-29(27)39-4/h6-18,23,28H,19-22H2,1-5H3,(H,32,36). The zero-order valence-corrected chi connectivity index (χ0v) is 24.6. The van der Waals surface area contributed by atoms with E-state index in [2.05, 4.69) is 5.32 Å². The van der Waals surface area contributed by atoms with E-state index in [1.807, 2.05) is 81.4 Å². The number of hydrogen-bond acceptors (Lipinski definition) is 5. The molecule has 2 amide bonds. The minimum absolute atomic E-state index is 0.134. The second-order valence-corrected chi connectivity index (χ2v) is 12.2. The quantitative estimate of drug-likeness (QED) is 0.336. The second kappa shape index (κ2) is 14.0. The van der Waals surface area contributed by atoms with Gasteiger partial charge in [-0.15, -0.1) is 0 Å². The van der Waals surface area contributed by atoms with Gasteiger partial charge in [0.25, 0.3) is 0 Å². The Morgan fingerprint density at radius 3 is 2.08 bits per heavy atom. The Kier molecular flexibility index (Phi) is 10.7. The average Bonchev–Trinajstić information content (AvgIpc) is 2.92. The summed E-state index contributed by atoms with van der Waals surface area (Å²) in [6.07, 6.45) is 1.33. The third kappa shape index (κ3) is 8.58. The molecular weight excluding hydrogens is 526 g/mol. The Hall–Kier alpha value is -3.85. The number of amides is 2. The van der Waals surface area contributed by atoms with Crippen molar-refractivity contribution in [1.82, 2.24) is 10.2 Å². The highest BCUT2D eigenvalue weighted by molar-refractivity contribution is 7.92. The van der Waals surface area contributed by atoms with Crippen LogP contribution in [0.15, 0.2) is 78.9 Å². The molecule has 0 aliphatic heterocycles. The fourth-order valence-electron chi connectivity index (χ4n) is 4.35. The van der Waals surface area contributed by atoms with Gasteiger partial charge < -0.3 is 15.0 Å². The van der Waals surface area contributed by atoms with Gasteiger partial charge in [-0.3, -0.25) is 13.9 Å². The number of ether oxygens (including phenoxy) is 1. The molecule has 3 rings (SSSR count). The maximum Gasteiger partial charge on any atom is 0.244 e. The first-order chi connectivity index (χ1) is 19.0. The number of anilines is 1. The normalized spacial score (nSPS) is 12.1. The summed E-state index contributed by atoms with van der Waals surface area (Å²) >= 11 is 0. The predicted molar refractivity (Wildman–Crippen MR) is 159 cm³/mol. The second-order valence-electron chi connectivity index (χ2n) is 10.3. The molecule has 0 heterocycles. The highest BCUT2D eigenvalue weighted by Gasteiger charge is 2.33. The molecule has 0 aliphatic carbocycles. The first kappa shape index (κ1) is 30.7. The molecule has 8 nitrogen and oxygen atoms in total. The lowest BCUT2D eigenvalue weighted by molar-refractivity contribution is -0.140. The van der Waals surface area contributed by atoms with Crippen LogP contribution in [0.3, 0.4) is 0 Å². The van der Waals surface area contributed by atoms with Gasteiger partial charge in [-0.05, 0) is 41.7 Å². The first-order valence-electron chi connectivity index (χ1n) is 13.3. The van der Waals surface area contributed by atoms with E-state index in [1.165, 1.54) is 12.0 Å².